The molecular weight excluding hydrogens is 422 g/mol. The van der Waals surface area contributed by atoms with Gasteiger partial charge in [0.05, 0.1) is 25.3 Å². The first kappa shape index (κ1) is 21.7. The summed E-state index contributed by atoms with van der Waals surface area (Å²) in [6, 6.07) is 26.2. The highest BCUT2D eigenvalue weighted by Gasteiger charge is 2.27. The maximum absolute atomic E-state index is 11.9. The SMILES string of the molecule is COc1ccc(-c2noc(/C(=N/N(Cc3ccccc3)Cc3ccccc3)[N+](=O)[O-])n2)cc1. The quantitative estimate of drug-likeness (QED) is 0.172. The lowest BCUT2D eigenvalue weighted by molar-refractivity contribution is -0.351. The molecule has 0 saturated heterocycles. The van der Waals surface area contributed by atoms with E-state index in [9.17, 15) is 10.1 Å². The molecule has 0 aliphatic carbocycles. The molecule has 3 aromatic carbocycles. The van der Waals surface area contributed by atoms with Gasteiger partial charge in [-0.2, -0.15) is 9.99 Å². The minimum atomic E-state index is -0.617. The minimum absolute atomic E-state index is 0.222. The molecule has 4 aromatic rings. The molecule has 1 aromatic heterocycles. The van der Waals surface area contributed by atoms with E-state index >= 15 is 0 Å². The van der Waals surface area contributed by atoms with Crippen molar-refractivity contribution < 1.29 is 14.2 Å². The van der Waals surface area contributed by atoms with Gasteiger partial charge in [0.25, 0.3) is 0 Å². The molecule has 0 N–H and O–H groups in total. The number of hydrogen-bond donors (Lipinski definition) is 0. The molecule has 9 nitrogen and oxygen atoms in total. The maximum Gasteiger partial charge on any atom is 0.453 e. The van der Waals surface area contributed by atoms with Crippen LogP contribution in [0.25, 0.3) is 11.4 Å². The Labute approximate surface area is 190 Å². The van der Waals surface area contributed by atoms with Crippen LogP contribution in [0.1, 0.15) is 17.0 Å². The van der Waals surface area contributed by atoms with Gasteiger partial charge in [0.15, 0.2) is 0 Å². The molecule has 1 heterocycles. The predicted octanol–water partition coefficient (Wildman–Crippen LogP) is 4.39. The van der Waals surface area contributed by atoms with E-state index in [1.807, 2.05) is 60.7 Å². The topological polar surface area (TPSA) is 107 Å². The molecule has 0 aliphatic heterocycles. The van der Waals surface area contributed by atoms with Crippen LogP contribution in [-0.2, 0) is 13.1 Å². The number of hydrazone groups is 1. The van der Waals surface area contributed by atoms with Gasteiger partial charge >= 0.3 is 11.7 Å². The number of nitrogens with zero attached hydrogens (tertiary/aromatic N) is 5. The molecule has 0 spiro atoms. The molecule has 0 fully saturated rings. The molecule has 0 bridgehead atoms. The van der Waals surface area contributed by atoms with Crippen LogP contribution in [0.3, 0.4) is 0 Å². The van der Waals surface area contributed by atoms with E-state index in [1.54, 1.807) is 36.4 Å². The molecule has 0 atom stereocenters. The molecule has 0 unspecified atom stereocenters. The highest BCUT2D eigenvalue weighted by atomic mass is 16.6. The van der Waals surface area contributed by atoms with Crippen molar-refractivity contribution in [2.75, 3.05) is 7.11 Å². The van der Waals surface area contributed by atoms with Crippen molar-refractivity contribution in [2.45, 2.75) is 13.1 Å². The zero-order valence-electron chi connectivity index (χ0n) is 17.9. The Morgan fingerprint density at radius 1 is 0.970 bits per heavy atom. The second-order valence-corrected chi connectivity index (χ2v) is 7.13. The smallest absolute Gasteiger partial charge is 0.453 e. The van der Waals surface area contributed by atoms with E-state index in [4.69, 9.17) is 9.26 Å². The van der Waals surface area contributed by atoms with E-state index in [0.29, 0.717) is 24.4 Å². The van der Waals surface area contributed by atoms with E-state index in [2.05, 4.69) is 15.2 Å². The first-order valence-electron chi connectivity index (χ1n) is 10.2. The van der Waals surface area contributed by atoms with Gasteiger partial charge < -0.3 is 19.4 Å². The third kappa shape index (κ3) is 5.59. The molecule has 166 valence electrons. The fraction of sp³-hybridized carbons (Fsp3) is 0.125. The Kier molecular flexibility index (Phi) is 6.70. The number of aromatic nitrogens is 2. The van der Waals surface area contributed by atoms with Gasteiger partial charge in [-0.3, -0.25) is 0 Å². The van der Waals surface area contributed by atoms with Crippen molar-refractivity contribution in [1.82, 2.24) is 15.1 Å². The summed E-state index contributed by atoms with van der Waals surface area (Å²) < 4.78 is 10.4. The van der Waals surface area contributed by atoms with E-state index < -0.39 is 10.8 Å². The summed E-state index contributed by atoms with van der Waals surface area (Å²) in [4.78, 5) is 15.5. The van der Waals surface area contributed by atoms with Gasteiger partial charge in [0, 0.05) is 5.56 Å². The lowest BCUT2D eigenvalue weighted by atomic mass is 10.2. The molecule has 9 heteroatoms. The monoisotopic (exact) mass is 443 g/mol. The summed E-state index contributed by atoms with van der Waals surface area (Å²) in [6.45, 7) is 0.735. The Balaban J connectivity index is 1.65. The fourth-order valence-corrected chi connectivity index (χ4v) is 3.18. The number of amidine groups is 1. The number of ether oxygens (including phenoxy) is 1. The Morgan fingerprint density at radius 2 is 1.55 bits per heavy atom. The molecule has 0 radical (unpaired) electrons. The standard InChI is InChI=1S/C24H21N5O4/c1-32-21-14-12-20(13-15-21)22-25-24(33-27-22)23(29(30)31)26-28(16-18-8-4-2-5-9-18)17-19-10-6-3-7-11-19/h2-15H,16-17H2,1H3/b26-23-. The summed E-state index contributed by atoms with van der Waals surface area (Å²) in [7, 11) is 1.57. The lowest BCUT2D eigenvalue weighted by Gasteiger charge is -2.14. The van der Waals surface area contributed by atoms with Crippen LogP contribution < -0.4 is 4.74 Å². The van der Waals surface area contributed by atoms with Crippen molar-refractivity contribution in [2.24, 2.45) is 5.10 Å². The zero-order chi connectivity index (χ0) is 23.0. The summed E-state index contributed by atoms with van der Waals surface area (Å²) >= 11 is 0. The van der Waals surface area contributed by atoms with Gasteiger partial charge in [-0.1, -0.05) is 65.8 Å². The first-order valence-corrected chi connectivity index (χ1v) is 10.2. The number of nitro groups is 1. The van der Waals surface area contributed by atoms with Crippen molar-refractivity contribution in [3.05, 3.63) is 112 Å². The van der Waals surface area contributed by atoms with Crippen LogP contribution in [0, 0.1) is 10.1 Å². The third-order valence-corrected chi connectivity index (χ3v) is 4.79. The van der Waals surface area contributed by atoms with Crippen LogP contribution >= 0.6 is 0 Å². The summed E-state index contributed by atoms with van der Waals surface area (Å²) in [5.41, 5.74) is 2.56. The van der Waals surface area contributed by atoms with E-state index in [-0.39, 0.29) is 11.7 Å². The van der Waals surface area contributed by atoms with E-state index in [0.717, 1.165) is 11.1 Å². The molecule has 33 heavy (non-hydrogen) atoms. The number of hydrogen-bond acceptors (Lipinski definition) is 8. The van der Waals surface area contributed by atoms with Crippen LogP contribution in [0.15, 0.2) is 94.6 Å². The van der Waals surface area contributed by atoms with Crippen LogP contribution in [0.4, 0.5) is 0 Å². The predicted molar refractivity (Wildman–Crippen MR) is 122 cm³/mol. The molecule has 0 saturated carbocycles. The maximum atomic E-state index is 11.9. The average molecular weight is 443 g/mol. The Bertz CT molecular complexity index is 1180. The number of methoxy groups -OCH3 is 1. The van der Waals surface area contributed by atoms with Crippen LogP contribution in [0.2, 0.25) is 0 Å². The lowest BCUT2D eigenvalue weighted by Crippen LogP contribution is -2.23. The van der Waals surface area contributed by atoms with Crippen molar-refractivity contribution in [3.8, 4) is 17.1 Å². The third-order valence-electron chi connectivity index (χ3n) is 4.79. The van der Waals surface area contributed by atoms with Gasteiger partial charge in [-0.15, -0.1) is 0 Å². The highest BCUT2D eigenvalue weighted by molar-refractivity contribution is 5.87. The fourth-order valence-electron chi connectivity index (χ4n) is 3.18. The summed E-state index contributed by atoms with van der Waals surface area (Å²) in [5, 5.41) is 21.7. The zero-order valence-corrected chi connectivity index (χ0v) is 17.9. The van der Waals surface area contributed by atoms with E-state index in [1.165, 1.54) is 0 Å². The largest absolute Gasteiger partial charge is 0.497 e. The summed E-state index contributed by atoms with van der Waals surface area (Å²) in [6.07, 6.45) is 0. The van der Waals surface area contributed by atoms with Gasteiger partial charge in [-0.25, -0.2) is 0 Å². The van der Waals surface area contributed by atoms with Gasteiger partial charge in [-0.05, 0) is 40.3 Å². The second-order valence-electron chi connectivity index (χ2n) is 7.13. The van der Waals surface area contributed by atoms with Crippen molar-refractivity contribution in [1.29, 1.82) is 0 Å². The second kappa shape index (κ2) is 10.2. The number of benzene rings is 3. The Hall–Kier alpha value is -4.53. The average Bonchev–Trinajstić information content (AvgIpc) is 3.33. The molecule has 0 aliphatic rings. The molecule has 4 rings (SSSR count). The molecule has 0 amide bonds. The van der Waals surface area contributed by atoms with Crippen LogP contribution in [-0.4, -0.2) is 33.0 Å². The minimum Gasteiger partial charge on any atom is -0.497 e. The van der Waals surface area contributed by atoms with Gasteiger partial charge in [0.2, 0.25) is 5.82 Å². The molecular formula is C24H21N5O4. The first-order chi connectivity index (χ1) is 16.1. The van der Waals surface area contributed by atoms with Crippen molar-refractivity contribution in [3.63, 3.8) is 0 Å². The number of rotatable bonds is 8. The summed E-state index contributed by atoms with van der Waals surface area (Å²) in [5.74, 6) is 0.110. The van der Waals surface area contributed by atoms with Crippen LogP contribution in [0.5, 0.6) is 5.75 Å². The van der Waals surface area contributed by atoms with Gasteiger partial charge in [0.1, 0.15) is 5.75 Å². The highest BCUT2D eigenvalue weighted by Crippen LogP contribution is 2.20. The van der Waals surface area contributed by atoms with Crippen molar-refractivity contribution >= 4 is 5.84 Å². The normalized spacial score (nSPS) is 11.2. The Morgan fingerprint density at radius 3 is 2.06 bits per heavy atom.